The average molecular weight is 542 g/mol. The summed E-state index contributed by atoms with van der Waals surface area (Å²) in [4.78, 5) is 8.03. The Kier molecular flexibility index (Phi) is 10.1. The molecule has 1 saturated heterocycles. The zero-order chi connectivity index (χ0) is 26.3. The minimum atomic E-state index is -4.43. The van der Waals surface area contributed by atoms with Crippen LogP contribution in [-0.2, 0) is 15.7 Å². The van der Waals surface area contributed by atoms with Gasteiger partial charge in [0.2, 0.25) is 0 Å². The number of ether oxygens (including phenoxy) is 2. The highest BCUT2D eigenvalue weighted by molar-refractivity contribution is 7.99. The molecule has 0 amide bonds. The van der Waals surface area contributed by atoms with E-state index in [0.29, 0.717) is 38.7 Å². The molecule has 2 aromatic carbocycles. The Morgan fingerprint density at radius 2 is 1.51 bits per heavy atom. The molecule has 11 heteroatoms. The number of hydrogen-bond acceptors (Lipinski definition) is 8. The fraction of sp³-hybridized carbons (Fsp3) is 0.538. The standard InChI is InChI=1S/C26H34F3N3O4S/c27-26(28,29)20-5-6-25-23(17-20)32(22-3-1-2-4-24(22)37-25)19-21(34)18-31-9-7-30(8-10-31)11-13-35-15-16-36-14-12-33/h1-6,17,21,33-34H,7-16,18-19H2. The van der Waals surface area contributed by atoms with Gasteiger partial charge in [-0.2, -0.15) is 13.2 Å². The Labute approximate surface area is 219 Å². The summed E-state index contributed by atoms with van der Waals surface area (Å²) in [6.07, 6.45) is -5.16. The number of nitrogens with zero attached hydrogens (tertiary/aromatic N) is 3. The third kappa shape index (κ3) is 7.82. The monoisotopic (exact) mass is 541 g/mol. The van der Waals surface area contributed by atoms with Gasteiger partial charge in [0.05, 0.1) is 62.6 Å². The van der Waals surface area contributed by atoms with E-state index in [-0.39, 0.29) is 13.2 Å². The van der Waals surface area contributed by atoms with Gasteiger partial charge in [-0.3, -0.25) is 9.80 Å². The molecule has 1 fully saturated rings. The summed E-state index contributed by atoms with van der Waals surface area (Å²) in [5.74, 6) is 0. The van der Waals surface area contributed by atoms with Crippen LogP contribution >= 0.6 is 11.8 Å². The van der Waals surface area contributed by atoms with Crippen molar-refractivity contribution in [2.45, 2.75) is 22.1 Å². The van der Waals surface area contributed by atoms with Crippen LogP contribution in [0.25, 0.3) is 0 Å². The summed E-state index contributed by atoms with van der Waals surface area (Å²) in [7, 11) is 0. The van der Waals surface area contributed by atoms with E-state index >= 15 is 0 Å². The summed E-state index contributed by atoms with van der Waals surface area (Å²) in [6, 6.07) is 11.4. The summed E-state index contributed by atoms with van der Waals surface area (Å²) < 4.78 is 51.0. The third-order valence-corrected chi connectivity index (χ3v) is 7.57. The number of fused-ring (bicyclic) bond motifs is 2. The summed E-state index contributed by atoms with van der Waals surface area (Å²) >= 11 is 1.45. The second-order valence-corrected chi connectivity index (χ2v) is 10.2. The molecule has 37 heavy (non-hydrogen) atoms. The molecule has 0 bridgehead atoms. The first kappa shape index (κ1) is 28.2. The van der Waals surface area contributed by atoms with Crippen LogP contribution in [0.4, 0.5) is 24.5 Å². The van der Waals surface area contributed by atoms with Crippen molar-refractivity contribution in [1.82, 2.24) is 9.80 Å². The van der Waals surface area contributed by atoms with Gasteiger partial charge in [0, 0.05) is 49.1 Å². The second kappa shape index (κ2) is 13.3. The van der Waals surface area contributed by atoms with Gasteiger partial charge in [0.25, 0.3) is 0 Å². The van der Waals surface area contributed by atoms with E-state index in [1.165, 1.54) is 23.9 Å². The molecule has 2 aliphatic rings. The molecule has 0 radical (unpaired) electrons. The van der Waals surface area contributed by atoms with Crippen LogP contribution in [0.2, 0.25) is 0 Å². The van der Waals surface area contributed by atoms with Gasteiger partial charge < -0.3 is 24.6 Å². The van der Waals surface area contributed by atoms with Crippen molar-refractivity contribution in [2.75, 3.05) is 83.7 Å². The fourth-order valence-corrected chi connectivity index (χ4v) is 5.62. The number of halogens is 3. The first-order chi connectivity index (χ1) is 17.8. The molecule has 4 rings (SSSR count). The van der Waals surface area contributed by atoms with Crippen molar-refractivity contribution >= 4 is 23.1 Å². The fourth-order valence-electron chi connectivity index (χ4n) is 4.54. The largest absolute Gasteiger partial charge is 0.416 e. The Morgan fingerprint density at radius 1 is 0.838 bits per heavy atom. The lowest BCUT2D eigenvalue weighted by molar-refractivity contribution is -0.137. The number of anilines is 2. The highest BCUT2D eigenvalue weighted by atomic mass is 32.2. The highest BCUT2D eigenvalue weighted by Gasteiger charge is 2.34. The molecule has 0 aliphatic carbocycles. The molecule has 0 spiro atoms. The SMILES string of the molecule is OCCOCCOCCN1CCN(CC(O)CN2c3ccccc3Sc3ccc(C(F)(F)F)cc32)CC1. The van der Waals surface area contributed by atoms with Crippen molar-refractivity contribution in [3.8, 4) is 0 Å². The quantitative estimate of drug-likeness (QED) is 0.397. The Morgan fingerprint density at radius 3 is 2.24 bits per heavy atom. The molecule has 1 atom stereocenters. The Hall–Kier alpha value is -1.86. The molecule has 2 heterocycles. The summed E-state index contributed by atoms with van der Waals surface area (Å²) in [5.41, 5.74) is 0.595. The van der Waals surface area contributed by atoms with Crippen LogP contribution in [-0.4, -0.2) is 105 Å². The second-order valence-electron chi connectivity index (χ2n) is 9.11. The molecule has 1 unspecified atom stereocenters. The van der Waals surface area contributed by atoms with Crippen molar-refractivity contribution in [2.24, 2.45) is 0 Å². The molecular formula is C26H34F3N3O4S. The zero-order valence-electron chi connectivity index (χ0n) is 20.7. The number of rotatable bonds is 12. The van der Waals surface area contributed by atoms with Crippen LogP contribution in [0.3, 0.4) is 0 Å². The van der Waals surface area contributed by atoms with Gasteiger partial charge in [0.1, 0.15) is 0 Å². The lowest BCUT2D eigenvalue weighted by Gasteiger charge is -2.38. The number of aliphatic hydroxyl groups is 2. The first-order valence-electron chi connectivity index (χ1n) is 12.5. The zero-order valence-corrected chi connectivity index (χ0v) is 21.5. The summed E-state index contributed by atoms with van der Waals surface area (Å²) in [5, 5.41) is 19.7. The van der Waals surface area contributed by atoms with E-state index in [2.05, 4.69) is 9.80 Å². The smallest absolute Gasteiger partial charge is 0.394 e. The predicted octanol–water partition coefficient (Wildman–Crippen LogP) is 3.31. The van der Waals surface area contributed by atoms with Gasteiger partial charge in [-0.15, -0.1) is 0 Å². The topological polar surface area (TPSA) is 68.6 Å². The number of β-amino-alcohol motifs (C(OH)–C–C–N with tert-alkyl or cyclic N) is 1. The van der Waals surface area contributed by atoms with E-state index in [0.717, 1.165) is 54.3 Å². The Bertz CT molecular complexity index is 1010. The normalized spacial score (nSPS) is 17.5. The molecule has 2 aliphatic heterocycles. The maximum absolute atomic E-state index is 13.4. The number of piperazine rings is 1. The Balaban J connectivity index is 1.30. The minimum absolute atomic E-state index is 0.00957. The van der Waals surface area contributed by atoms with Crippen LogP contribution in [0, 0.1) is 0 Å². The lowest BCUT2D eigenvalue weighted by Crippen LogP contribution is -2.50. The minimum Gasteiger partial charge on any atom is -0.394 e. The van der Waals surface area contributed by atoms with E-state index in [1.54, 1.807) is 0 Å². The van der Waals surface area contributed by atoms with Crippen LogP contribution in [0.15, 0.2) is 52.3 Å². The number of benzene rings is 2. The van der Waals surface area contributed by atoms with Crippen molar-refractivity contribution < 1.29 is 32.9 Å². The van der Waals surface area contributed by atoms with E-state index < -0.39 is 17.8 Å². The molecule has 7 nitrogen and oxygen atoms in total. The first-order valence-corrected chi connectivity index (χ1v) is 13.3. The van der Waals surface area contributed by atoms with Gasteiger partial charge in [0.15, 0.2) is 0 Å². The molecule has 2 aromatic rings. The van der Waals surface area contributed by atoms with E-state index in [9.17, 15) is 18.3 Å². The summed E-state index contributed by atoms with van der Waals surface area (Å²) in [6.45, 7) is 6.70. The van der Waals surface area contributed by atoms with Gasteiger partial charge in [-0.05, 0) is 30.3 Å². The van der Waals surface area contributed by atoms with Crippen molar-refractivity contribution in [3.05, 3.63) is 48.0 Å². The van der Waals surface area contributed by atoms with Crippen molar-refractivity contribution in [3.63, 3.8) is 0 Å². The molecule has 2 N–H and O–H groups in total. The van der Waals surface area contributed by atoms with Crippen LogP contribution in [0.1, 0.15) is 5.56 Å². The maximum Gasteiger partial charge on any atom is 0.416 e. The average Bonchev–Trinajstić information content (AvgIpc) is 2.88. The lowest BCUT2D eigenvalue weighted by atomic mass is 10.1. The van der Waals surface area contributed by atoms with Crippen molar-refractivity contribution in [1.29, 1.82) is 0 Å². The maximum atomic E-state index is 13.4. The third-order valence-electron chi connectivity index (χ3n) is 6.44. The number of para-hydroxylation sites is 1. The number of hydrogen-bond donors (Lipinski definition) is 2. The van der Waals surface area contributed by atoms with Crippen LogP contribution in [0.5, 0.6) is 0 Å². The molecule has 0 saturated carbocycles. The van der Waals surface area contributed by atoms with Gasteiger partial charge >= 0.3 is 6.18 Å². The molecule has 0 aromatic heterocycles. The number of alkyl halides is 3. The predicted molar refractivity (Wildman–Crippen MR) is 137 cm³/mol. The van der Waals surface area contributed by atoms with E-state index in [1.807, 2.05) is 29.2 Å². The highest BCUT2D eigenvalue weighted by Crippen LogP contribution is 2.49. The molecule has 204 valence electrons. The van der Waals surface area contributed by atoms with Crippen LogP contribution < -0.4 is 4.90 Å². The van der Waals surface area contributed by atoms with Gasteiger partial charge in [-0.25, -0.2) is 0 Å². The molecular weight excluding hydrogens is 507 g/mol. The number of aliphatic hydroxyl groups excluding tert-OH is 2. The van der Waals surface area contributed by atoms with E-state index in [4.69, 9.17) is 14.6 Å². The van der Waals surface area contributed by atoms with Gasteiger partial charge in [-0.1, -0.05) is 23.9 Å².